The van der Waals surface area contributed by atoms with E-state index in [0.717, 1.165) is 24.3 Å². The molecular weight excluding hydrogens is 627 g/mol. The number of aromatic nitrogens is 3. The zero-order chi connectivity index (χ0) is 32.7. The average Bonchev–Trinajstić information content (AvgIpc) is 3.96. The van der Waals surface area contributed by atoms with Crippen LogP contribution in [0.2, 0.25) is 5.02 Å². The summed E-state index contributed by atoms with van der Waals surface area (Å²) < 4.78 is 53.3. The van der Waals surface area contributed by atoms with Crippen LogP contribution in [0.1, 0.15) is 53.3 Å². The average molecular weight is 658 g/mol. The van der Waals surface area contributed by atoms with Gasteiger partial charge in [0.1, 0.15) is 40.7 Å². The predicted molar refractivity (Wildman–Crippen MR) is 163 cm³/mol. The van der Waals surface area contributed by atoms with Crippen LogP contribution in [-0.4, -0.2) is 58.4 Å². The van der Waals surface area contributed by atoms with Crippen LogP contribution in [0, 0.1) is 11.7 Å². The van der Waals surface area contributed by atoms with E-state index in [-0.39, 0.29) is 51.3 Å². The summed E-state index contributed by atoms with van der Waals surface area (Å²) in [6.45, 7) is -1.30. The lowest BCUT2D eigenvalue weighted by atomic mass is 9.90. The maximum absolute atomic E-state index is 14.1. The van der Waals surface area contributed by atoms with Crippen LogP contribution in [0.25, 0.3) is 22.2 Å². The fourth-order valence-corrected chi connectivity index (χ4v) is 5.71. The topological polar surface area (TPSA) is 142 Å². The molecule has 2 saturated carbocycles. The van der Waals surface area contributed by atoms with Crippen molar-refractivity contribution >= 4 is 34.3 Å². The smallest absolute Gasteiger partial charge is 0.272 e. The van der Waals surface area contributed by atoms with Crippen molar-refractivity contribution in [1.82, 2.24) is 20.1 Å². The Bertz CT molecular complexity index is 1830. The van der Waals surface area contributed by atoms with Crippen molar-refractivity contribution in [2.75, 3.05) is 20.3 Å². The maximum atomic E-state index is 14.1. The number of pyridine rings is 1. The first-order chi connectivity index (χ1) is 22.0. The Hall–Kier alpha value is -4.36. The van der Waals surface area contributed by atoms with Crippen LogP contribution >= 0.6 is 11.6 Å². The van der Waals surface area contributed by atoms with Gasteiger partial charge >= 0.3 is 0 Å². The van der Waals surface area contributed by atoms with Gasteiger partial charge in [-0.3, -0.25) is 14.3 Å². The summed E-state index contributed by atoms with van der Waals surface area (Å²) in [7, 11) is 1.49. The van der Waals surface area contributed by atoms with E-state index in [2.05, 4.69) is 15.4 Å². The van der Waals surface area contributed by atoms with E-state index in [9.17, 15) is 27.9 Å². The fourth-order valence-electron chi connectivity index (χ4n) is 5.53. The molecule has 2 aromatic heterocycles. The molecule has 10 nitrogen and oxygen atoms in total. The second-order valence-corrected chi connectivity index (χ2v) is 12.1. The number of nitrogens with one attached hydrogen (secondary N) is 1. The standard InChI is InChI=1S/C32H31ClF3N5O5/c1-45-24-10-18(8-19-13-41(21-5-6-21)40-28(19)24)31(43)38-15-32(44,20-3-4-20)25-11-17(12-27(37)42)30(46-14-26(35)36)29(39-25)16-2-7-23(34)22(33)9-16/h2,7-11,13,20-21,26,44H,3-6,12,14-15H2,1H3,(H2,37,42)(H,38,43)/t32-/m1/s1. The first-order valence-electron chi connectivity index (χ1n) is 14.7. The molecule has 0 aliphatic heterocycles. The van der Waals surface area contributed by atoms with Crippen molar-refractivity contribution in [1.29, 1.82) is 0 Å². The Morgan fingerprint density at radius 2 is 1.96 bits per heavy atom. The zero-order valence-corrected chi connectivity index (χ0v) is 25.5. The molecule has 46 heavy (non-hydrogen) atoms. The number of hydrogen-bond donors (Lipinski definition) is 3. The molecule has 1 atom stereocenters. The number of alkyl halides is 2. The molecule has 4 aromatic rings. The molecule has 0 bridgehead atoms. The van der Waals surface area contributed by atoms with Crippen LogP contribution in [0.5, 0.6) is 11.5 Å². The Labute approximate surface area is 266 Å². The van der Waals surface area contributed by atoms with Crippen molar-refractivity contribution in [3.8, 4) is 22.8 Å². The second kappa shape index (κ2) is 12.4. The largest absolute Gasteiger partial charge is 0.494 e. The number of carbonyl (C=O) groups is 2. The molecule has 0 unspecified atom stereocenters. The monoisotopic (exact) mass is 657 g/mol. The molecule has 2 amide bonds. The zero-order valence-electron chi connectivity index (χ0n) is 24.7. The Morgan fingerprint density at radius 1 is 1.20 bits per heavy atom. The Balaban J connectivity index is 1.37. The van der Waals surface area contributed by atoms with E-state index in [1.807, 2.05) is 10.9 Å². The quantitative estimate of drug-likeness (QED) is 0.185. The Kier molecular flexibility index (Phi) is 8.55. The molecule has 2 aromatic carbocycles. The first kappa shape index (κ1) is 31.6. The molecule has 2 aliphatic carbocycles. The molecule has 4 N–H and O–H groups in total. The van der Waals surface area contributed by atoms with Crippen molar-refractivity contribution in [2.45, 2.75) is 50.2 Å². The molecule has 0 spiro atoms. The van der Waals surface area contributed by atoms with Crippen molar-refractivity contribution in [3.05, 3.63) is 70.3 Å². The van der Waals surface area contributed by atoms with E-state index in [1.54, 1.807) is 12.1 Å². The van der Waals surface area contributed by atoms with Crippen molar-refractivity contribution < 1.29 is 37.3 Å². The van der Waals surface area contributed by atoms with Gasteiger partial charge < -0.3 is 25.6 Å². The third-order valence-electron chi connectivity index (χ3n) is 8.17. The van der Waals surface area contributed by atoms with E-state index in [4.69, 9.17) is 26.8 Å². The number of benzene rings is 2. The van der Waals surface area contributed by atoms with Crippen LogP contribution < -0.4 is 20.5 Å². The van der Waals surface area contributed by atoms with Crippen LogP contribution in [0.4, 0.5) is 13.2 Å². The van der Waals surface area contributed by atoms with Gasteiger partial charge in [-0.2, -0.15) is 5.10 Å². The van der Waals surface area contributed by atoms with Gasteiger partial charge in [0, 0.05) is 28.3 Å². The third kappa shape index (κ3) is 6.47. The van der Waals surface area contributed by atoms with Gasteiger partial charge in [-0.1, -0.05) is 11.6 Å². The molecule has 6 rings (SSSR count). The summed E-state index contributed by atoms with van der Waals surface area (Å²) in [5.41, 5.74) is 4.94. The third-order valence-corrected chi connectivity index (χ3v) is 8.46. The summed E-state index contributed by atoms with van der Waals surface area (Å²) >= 11 is 6.03. The number of halogens is 4. The van der Waals surface area contributed by atoms with Crippen LogP contribution in [0.3, 0.4) is 0 Å². The number of fused-ring (bicyclic) bond motifs is 1. The summed E-state index contributed by atoms with van der Waals surface area (Å²) in [6.07, 6.45) is 1.88. The SMILES string of the molecule is COc1cc(C(=O)NC[C@](O)(c2cc(CC(N)=O)c(OCC(F)F)c(-c3ccc(F)c(Cl)c3)n2)C2CC2)cc2cn(C3CC3)nc12. The molecule has 14 heteroatoms. The summed E-state index contributed by atoms with van der Waals surface area (Å²) in [4.78, 5) is 30.1. The van der Waals surface area contributed by atoms with E-state index >= 15 is 0 Å². The number of nitrogens with zero attached hydrogens (tertiary/aromatic N) is 3. The first-order valence-corrected chi connectivity index (χ1v) is 15.1. The highest BCUT2D eigenvalue weighted by Crippen LogP contribution is 2.47. The van der Waals surface area contributed by atoms with Gasteiger partial charge in [0.15, 0.2) is 0 Å². The number of primary amides is 1. The molecule has 0 saturated heterocycles. The number of nitrogens with two attached hydrogens (primary N) is 1. The lowest BCUT2D eigenvalue weighted by Crippen LogP contribution is -2.43. The number of carbonyl (C=O) groups excluding carboxylic acids is 2. The predicted octanol–water partition coefficient (Wildman–Crippen LogP) is 4.93. The molecule has 0 radical (unpaired) electrons. The molecule has 242 valence electrons. The lowest BCUT2D eigenvalue weighted by Gasteiger charge is -2.30. The minimum atomic E-state index is -2.86. The second-order valence-electron chi connectivity index (χ2n) is 11.7. The maximum Gasteiger partial charge on any atom is 0.272 e. The number of rotatable bonds is 13. The number of ether oxygens (including phenoxy) is 2. The highest BCUT2D eigenvalue weighted by Gasteiger charge is 2.47. The highest BCUT2D eigenvalue weighted by atomic mass is 35.5. The van der Waals surface area contributed by atoms with Crippen LogP contribution in [-0.2, 0) is 16.8 Å². The Morgan fingerprint density at radius 3 is 2.59 bits per heavy atom. The van der Waals surface area contributed by atoms with Gasteiger partial charge in [0.25, 0.3) is 12.3 Å². The van der Waals surface area contributed by atoms with Gasteiger partial charge in [-0.25, -0.2) is 18.2 Å². The van der Waals surface area contributed by atoms with Gasteiger partial charge in [-0.05, 0) is 68.0 Å². The van der Waals surface area contributed by atoms with Gasteiger partial charge in [0.2, 0.25) is 5.91 Å². The van der Waals surface area contributed by atoms with Gasteiger partial charge in [0.05, 0.1) is 36.8 Å². The fraction of sp³-hybridized carbons (Fsp3) is 0.375. The number of aliphatic hydroxyl groups is 1. The molecule has 2 heterocycles. The summed E-state index contributed by atoms with van der Waals surface area (Å²) in [6, 6.07) is 8.60. The van der Waals surface area contributed by atoms with Gasteiger partial charge in [-0.15, -0.1) is 0 Å². The van der Waals surface area contributed by atoms with E-state index in [0.29, 0.717) is 30.1 Å². The molecule has 2 fully saturated rings. The van der Waals surface area contributed by atoms with Crippen LogP contribution in [0.15, 0.2) is 42.6 Å². The molecule has 2 aliphatic rings. The minimum absolute atomic E-state index is 0.0464. The highest BCUT2D eigenvalue weighted by molar-refractivity contribution is 6.31. The van der Waals surface area contributed by atoms with E-state index in [1.165, 1.54) is 25.3 Å². The molecular formula is C32H31ClF3N5O5. The summed E-state index contributed by atoms with van der Waals surface area (Å²) in [5, 5.41) is 20.0. The number of amides is 2. The lowest BCUT2D eigenvalue weighted by molar-refractivity contribution is -0.117. The van der Waals surface area contributed by atoms with Crippen molar-refractivity contribution in [3.63, 3.8) is 0 Å². The number of hydrogen-bond acceptors (Lipinski definition) is 7. The normalized spacial score (nSPS) is 16.0. The minimum Gasteiger partial charge on any atom is -0.494 e. The van der Waals surface area contributed by atoms with Crippen molar-refractivity contribution in [2.24, 2.45) is 11.7 Å². The summed E-state index contributed by atoms with van der Waals surface area (Å²) in [5.74, 6) is -2.08. The van der Waals surface area contributed by atoms with E-state index < -0.39 is 42.7 Å². The number of methoxy groups -OCH3 is 1.